The van der Waals surface area contributed by atoms with Crippen molar-refractivity contribution in [2.75, 3.05) is 6.61 Å². The largest absolute Gasteiger partial charge is 0.493 e. The van der Waals surface area contributed by atoms with Gasteiger partial charge in [-0.2, -0.15) is 0 Å². The van der Waals surface area contributed by atoms with E-state index in [-0.39, 0.29) is 6.04 Å². The number of rotatable bonds is 4. The first-order chi connectivity index (χ1) is 7.79. The summed E-state index contributed by atoms with van der Waals surface area (Å²) >= 11 is 0. The monoisotopic (exact) mass is 235 g/mol. The number of hydrogen-bond acceptors (Lipinski definition) is 2. The topological polar surface area (TPSA) is 35.2 Å². The summed E-state index contributed by atoms with van der Waals surface area (Å²) in [5, 5.41) is 0. The first-order valence-electron chi connectivity index (χ1n) is 6.28. The molecule has 0 spiro atoms. The van der Waals surface area contributed by atoms with Crippen LogP contribution in [0.15, 0.2) is 18.2 Å². The van der Waals surface area contributed by atoms with Crippen molar-refractivity contribution in [2.45, 2.75) is 47.1 Å². The summed E-state index contributed by atoms with van der Waals surface area (Å²) in [5.41, 5.74) is 8.54. The highest BCUT2D eigenvalue weighted by Gasteiger charge is 2.12. The minimum absolute atomic E-state index is 0.0141. The van der Waals surface area contributed by atoms with Gasteiger partial charge in [-0.3, -0.25) is 0 Å². The van der Waals surface area contributed by atoms with E-state index in [1.54, 1.807) is 0 Å². The molecule has 0 aromatic heterocycles. The maximum Gasteiger partial charge on any atom is 0.124 e. The van der Waals surface area contributed by atoms with Gasteiger partial charge in [0.1, 0.15) is 5.75 Å². The summed E-state index contributed by atoms with van der Waals surface area (Å²) in [6, 6.07) is 6.23. The lowest BCUT2D eigenvalue weighted by molar-refractivity contribution is 0.240. The Morgan fingerprint density at radius 1 is 1.29 bits per heavy atom. The lowest BCUT2D eigenvalue weighted by Crippen LogP contribution is -2.13. The molecule has 1 atom stereocenters. The molecule has 0 heterocycles. The van der Waals surface area contributed by atoms with Crippen molar-refractivity contribution in [3.05, 3.63) is 29.3 Å². The number of ether oxygens (including phenoxy) is 1. The normalized spacial score (nSPS) is 13.5. The molecule has 1 aromatic rings. The molecule has 0 saturated carbocycles. The third-order valence-corrected chi connectivity index (χ3v) is 2.77. The van der Waals surface area contributed by atoms with E-state index >= 15 is 0 Å². The van der Waals surface area contributed by atoms with Gasteiger partial charge in [0, 0.05) is 11.6 Å². The molecular weight excluding hydrogens is 210 g/mol. The van der Waals surface area contributed by atoms with Crippen LogP contribution < -0.4 is 10.5 Å². The van der Waals surface area contributed by atoms with E-state index in [1.165, 1.54) is 5.56 Å². The second-order valence-electron chi connectivity index (χ2n) is 5.99. The maximum absolute atomic E-state index is 5.94. The van der Waals surface area contributed by atoms with Crippen molar-refractivity contribution < 1.29 is 4.74 Å². The van der Waals surface area contributed by atoms with Crippen LogP contribution >= 0.6 is 0 Å². The van der Waals surface area contributed by atoms with Crippen molar-refractivity contribution >= 4 is 0 Å². The zero-order valence-corrected chi connectivity index (χ0v) is 11.7. The Balaban J connectivity index is 2.72. The minimum Gasteiger partial charge on any atom is -0.493 e. The van der Waals surface area contributed by atoms with Crippen LogP contribution in [0, 0.1) is 12.3 Å². The van der Waals surface area contributed by atoms with Gasteiger partial charge in [-0.15, -0.1) is 0 Å². The Hall–Kier alpha value is -1.02. The number of hydrogen-bond donors (Lipinski definition) is 1. The average Bonchev–Trinajstić information content (AvgIpc) is 2.15. The molecule has 2 nitrogen and oxygen atoms in total. The van der Waals surface area contributed by atoms with Gasteiger partial charge >= 0.3 is 0 Å². The molecule has 0 aliphatic carbocycles. The fraction of sp³-hybridized carbons (Fsp3) is 0.600. The summed E-state index contributed by atoms with van der Waals surface area (Å²) < 4.78 is 5.88. The Labute approximate surface area is 105 Å². The highest BCUT2D eigenvalue weighted by Crippen LogP contribution is 2.26. The number of benzene rings is 1. The van der Waals surface area contributed by atoms with E-state index < -0.39 is 0 Å². The standard InChI is InChI=1S/C15H25NO/c1-11-6-7-13(12(2)16)14(10-11)17-9-8-15(3,4)5/h6-7,10,12H,8-9,16H2,1-5H3/t12-/m1/s1. The van der Waals surface area contributed by atoms with Gasteiger partial charge in [-0.1, -0.05) is 32.9 Å². The average molecular weight is 235 g/mol. The van der Waals surface area contributed by atoms with Crippen molar-refractivity contribution in [3.8, 4) is 5.75 Å². The van der Waals surface area contributed by atoms with Gasteiger partial charge in [-0.25, -0.2) is 0 Å². The van der Waals surface area contributed by atoms with Crippen LogP contribution in [0.2, 0.25) is 0 Å². The lowest BCUT2D eigenvalue weighted by atomic mass is 9.93. The van der Waals surface area contributed by atoms with E-state index in [0.29, 0.717) is 5.41 Å². The fourth-order valence-electron chi connectivity index (χ4n) is 1.61. The Morgan fingerprint density at radius 2 is 1.94 bits per heavy atom. The number of nitrogens with two attached hydrogens (primary N) is 1. The van der Waals surface area contributed by atoms with Crippen molar-refractivity contribution in [2.24, 2.45) is 11.1 Å². The fourth-order valence-corrected chi connectivity index (χ4v) is 1.61. The van der Waals surface area contributed by atoms with Gasteiger partial charge in [0.15, 0.2) is 0 Å². The van der Waals surface area contributed by atoms with Crippen molar-refractivity contribution in [3.63, 3.8) is 0 Å². The molecule has 17 heavy (non-hydrogen) atoms. The third-order valence-electron chi connectivity index (χ3n) is 2.77. The summed E-state index contributed by atoms with van der Waals surface area (Å²) in [4.78, 5) is 0. The molecule has 0 aliphatic rings. The van der Waals surface area contributed by atoms with Crippen LogP contribution in [0.4, 0.5) is 0 Å². The zero-order chi connectivity index (χ0) is 13.1. The first-order valence-corrected chi connectivity index (χ1v) is 6.28. The first kappa shape index (κ1) is 14.0. The molecule has 0 unspecified atom stereocenters. The molecular formula is C15H25NO. The molecule has 2 heteroatoms. The molecule has 0 bridgehead atoms. The van der Waals surface area contributed by atoms with Crippen LogP contribution in [-0.2, 0) is 0 Å². The van der Waals surface area contributed by atoms with Gasteiger partial charge in [-0.05, 0) is 37.3 Å². The van der Waals surface area contributed by atoms with Crippen LogP contribution in [-0.4, -0.2) is 6.61 Å². The number of aryl methyl sites for hydroxylation is 1. The van der Waals surface area contributed by atoms with E-state index in [2.05, 4.69) is 45.9 Å². The quantitative estimate of drug-likeness (QED) is 0.860. The Bertz CT molecular complexity index is 364. The van der Waals surface area contributed by atoms with E-state index in [0.717, 1.165) is 24.3 Å². The second kappa shape index (κ2) is 5.54. The smallest absolute Gasteiger partial charge is 0.124 e. The van der Waals surface area contributed by atoms with E-state index in [4.69, 9.17) is 10.5 Å². The van der Waals surface area contributed by atoms with Gasteiger partial charge in [0.05, 0.1) is 6.61 Å². The molecule has 0 saturated heterocycles. The van der Waals surface area contributed by atoms with Crippen LogP contribution in [0.1, 0.15) is 51.3 Å². The summed E-state index contributed by atoms with van der Waals surface area (Å²) in [7, 11) is 0. The second-order valence-corrected chi connectivity index (χ2v) is 5.99. The molecule has 1 aromatic carbocycles. The molecule has 0 amide bonds. The zero-order valence-electron chi connectivity index (χ0n) is 11.7. The highest BCUT2D eigenvalue weighted by molar-refractivity contribution is 5.38. The molecule has 0 radical (unpaired) electrons. The molecule has 2 N–H and O–H groups in total. The minimum atomic E-state index is 0.0141. The van der Waals surface area contributed by atoms with Crippen molar-refractivity contribution in [1.82, 2.24) is 0 Å². The highest BCUT2D eigenvalue weighted by atomic mass is 16.5. The summed E-state index contributed by atoms with van der Waals surface area (Å²) in [6.45, 7) is 11.5. The predicted octanol–water partition coefficient (Wildman–Crippen LogP) is 3.83. The van der Waals surface area contributed by atoms with E-state index in [1.807, 2.05) is 6.92 Å². The Morgan fingerprint density at radius 3 is 2.47 bits per heavy atom. The SMILES string of the molecule is Cc1ccc([C@@H](C)N)c(OCCC(C)(C)C)c1. The summed E-state index contributed by atoms with van der Waals surface area (Å²) in [5.74, 6) is 0.934. The van der Waals surface area contributed by atoms with Crippen LogP contribution in [0.3, 0.4) is 0 Å². The van der Waals surface area contributed by atoms with Gasteiger partial charge < -0.3 is 10.5 Å². The van der Waals surface area contributed by atoms with Crippen LogP contribution in [0.25, 0.3) is 0 Å². The Kier molecular flexibility index (Phi) is 4.58. The van der Waals surface area contributed by atoms with Gasteiger partial charge in [0.2, 0.25) is 0 Å². The van der Waals surface area contributed by atoms with E-state index in [9.17, 15) is 0 Å². The van der Waals surface area contributed by atoms with Gasteiger partial charge in [0.25, 0.3) is 0 Å². The molecule has 96 valence electrons. The maximum atomic E-state index is 5.94. The summed E-state index contributed by atoms with van der Waals surface area (Å²) in [6.07, 6.45) is 1.04. The molecule has 0 aliphatic heterocycles. The predicted molar refractivity (Wildman–Crippen MR) is 73.3 cm³/mol. The molecule has 0 fully saturated rings. The molecule has 1 rings (SSSR count). The third kappa shape index (κ3) is 4.78. The lowest BCUT2D eigenvalue weighted by Gasteiger charge is -2.20. The van der Waals surface area contributed by atoms with Crippen LogP contribution in [0.5, 0.6) is 5.75 Å². The van der Waals surface area contributed by atoms with Crippen molar-refractivity contribution in [1.29, 1.82) is 0 Å².